The number of hydrogen-bond donors (Lipinski definition) is 3. The lowest BCUT2D eigenvalue weighted by Gasteiger charge is -2.57. The molecule has 1 saturated heterocycles. The minimum atomic E-state index is -1.00. The van der Waals surface area contributed by atoms with Crippen LogP contribution < -0.4 is 0 Å². The number of ketones is 2. The summed E-state index contributed by atoms with van der Waals surface area (Å²) in [5.41, 5.74) is 0.210. The van der Waals surface area contributed by atoms with E-state index in [2.05, 4.69) is 6.92 Å². The highest BCUT2D eigenvalue weighted by Gasteiger charge is 2.71. The monoisotopic (exact) mass is 450 g/mol. The second-order valence-corrected chi connectivity index (χ2v) is 11.2. The molecule has 0 amide bonds. The molecule has 1 spiro atoms. The summed E-state index contributed by atoms with van der Waals surface area (Å²) in [4.78, 5) is 37.0. The zero-order chi connectivity index (χ0) is 22.1. The van der Waals surface area contributed by atoms with Gasteiger partial charge in [0.1, 0.15) is 6.61 Å². The summed E-state index contributed by atoms with van der Waals surface area (Å²) in [7, 11) is 0. The van der Waals surface area contributed by atoms with Crippen molar-refractivity contribution < 1.29 is 34.4 Å². The van der Waals surface area contributed by atoms with Crippen LogP contribution in [-0.2, 0) is 19.1 Å². The predicted octanol–water partition coefficient (Wildman–Crippen LogP) is 2.15. The first kappa shape index (κ1) is 21.6. The Bertz CT molecular complexity index is 868. The Hall–Kier alpha value is -1.22. The van der Waals surface area contributed by atoms with E-state index in [1.54, 1.807) is 0 Å². The van der Waals surface area contributed by atoms with Crippen molar-refractivity contribution in [3.8, 4) is 0 Å². The molecule has 3 N–H and O–H groups in total. The third-order valence-electron chi connectivity index (χ3n) is 9.24. The number of carboxylic acid groups (broad SMARTS) is 1. The molecule has 2 bridgehead atoms. The topological polar surface area (TPSA) is 121 Å². The lowest BCUT2D eigenvalue weighted by atomic mass is 9.46. The van der Waals surface area contributed by atoms with Crippen molar-refractivity contribution in [2.24, 2.45) is 34.5 Å². The van der Waals surface area contributed by atoms with Gasteiger partial charge in [0.2, 0.25) is 0 Å². The van der Waals surface area contributed by atoms with E-state index in [-0.39, 0.29) is 46.6 Å². The molecule has 5 rings (SSSR count). The fourth-order valence-electron chi connectivity index (χ4n) is 8.21. The normalized spacial score (nSPS) is 45.8. The molecule has 8 heteroatoms. The van der Waals surface area contributed by atoms with Crippen LogP contribution in [0.2, 0.25) is 0 Å². The van der Waals surface area contributed by atoms with Crippen LogP contribution in [0.1, 0.15) is 51.9 Å². The van der Waals surface area contributed by atoms with Gasteiger partial charge in [-0.1, -0.05) is 6.92 Å². The van der Waals surface area contributed by atoms with E-state index in [0.717, 1.165) is 36.6 Å². The largest absolute Gasteiger partial charge is 0.481 e. The van der Waals surface area contributed by atoms with Crippen molar-refractivity contribution >= 4 is 29.3 Å². The van der Waals surface area contributed by atoms with Crippen LogP contribution in [-0.4, -0.2) is 57.6 Å². The predicted molar refractivity (Wildman–Crippen MR) is 112 cm³/mol. The summed E-state index contributed by atoms with van der Waals surface area (Å²) in [5, 5.41) is 29.7. The number of Topliss-reactive ketones (excluding diaryl/α,β-unsaturated/α-hetero) is 2. The molecule has 5 aliphatic rings. The zero-order valence-electron chi connectivity index (χ0n) is 17.7. The van der Waals surface area contributed by atoms with Crippen molar-refractivity contribution in [2.75, 3.05) is 12.4 Å². The van der Waals surface area contributed by atoms with Gasteiger partial charge in [-0.2, -0.15) is 0 Å². The Balaban J connectivity index is 1.54. The molecular formula is C23H30O7S. The molecule has 3 saturated carbocycles. The molecule has 4 fully saturated rings. The Labute approximate surface area is 185 Å². The van der Waals surface area contributed by atoms with E-state index in [0.29, 0.717) is 36.5 Å². The molecule has 0 radical (unpaired) electrons. The van der Waals surface area contributed by atoms with Crippen LogP contribution in [0.15, 0.2) is 10.5 Å². The van der Waals surface area contributed by atoms with E-state index >= 15 is 0 Å². The van der Waals surface area contributed by atoms with E-state index in [1.807, 2.05) is 0 Å². The van der Waals surface area contributed by atoms with Crippen LogP contribution in [0.5, 0.6) is 0 Å². The Morgan fingerprint density at radius 2 is 2.00 bits per heavy atom. The van der Waals surface area contributed by atoms with Crippen LogP contribution in [0.4, 0.5) is 0 Å². The molecule has 170 valence electrons. The lowest BCUT2D eigenvalue weighted by Crippen LogP contribution is -2.56. The third kappa shape index (κ3) is 2.87. The molecule has 7 nitrogen and oxygen atoms in total. The Kier molecular flexibility index (Phi) is 5.16. The van der Waals surface area contributed by atoms with Crippen LogP contribution in [0.3, 0.4) is 0 Å². The average Bonchev–Trinajstić information content (AvgIpc) is 3.25. The summed E-state index contributed by atoms with van der Waals surface area (Å²) >= 11 is 1.15. The molecule has 0 aromatic rings. The van der Waals surface area contributed by atoms with Crippen LogP contribution in [0.25, 0.3) is 0 Å². The second-order valence-electron chi connectivity index (χ2n) is 10.3. The van der Waals surface area contributed by atoms with Crippen molar-refractivity contribution in [3.05, 3.63) is 10.5 Å². The van der Waals surface area contributed by atoms with E-state index in [1.165, 1.54) is 0 Å². The van der Waals surface area contributed by atoms with Gasteiger partial charge in [-0.25, -0.2) is 0 Å². The fourth-order valence-corrected chi connectivity index (χ4v) is 9.25. The van der Waals surface area contributed by atoms with Crippen molar-refractivity contribution in [1.82, 2.24) is 0 Å². The maximum Gasteiger partial charge on any atom is 0.313 e. The zero-order valence-corrected chi connectivity index (χ0v) is 18.5. The maximum atomic E-state index is 12.7. The smallest absolute Gasteiger partial charge is 0.313 e. The molecule has 0 aromatic heterocycles. The number of aliphatic carboxylic acids is 1. The third-order valence-corrected chi connectivity index (χ3v) is 10.4. The number of carboxylic acids is 1. The van der Waals surface area contributed by atoms with Gasteiger partial charge in [0, 0.05) is 17.8 Å². The maximum absolute atomic E-state index is 12.7. The summed E-state index contributed by atoms with van der Waals surface area (Å²) in [6.07, 6.45) is 3.68. The highest BCUT2D eigenvalue weighted by atomic mass is 32.2. The number of fused-ring (bicyclic) bond motifs is 6. The van der Waals surface area contributed by atoms with Crippen LogP contribution >= 0.6 is 11.8 Å². The molecule has 31 heavy (non-hydrogen) atoms. The standard InChI is InChI=1S/C23H30O7S/c1-22-7-6-15(25)20(31-10-18(27)28)14(22)3-2-11-12-4-5-13(16(26)9-24)23(12)8-17(19(11)22)30-21(23)29/h11-13,17,19,21,24,29H,2-10H2,1H3,(H,27,28)/t11-,12-,13+,17?,19+,21?,22-,23+/m0/s1. The fraction of sp³-hybridized carbons (Fsp3) is 0.783. The minimum absolute atomic E-state index is 0.0455. The second kappa shape index (κ2) is 7.40. The number of ether oxygens (including phenoxy) is 1. The van der Waals surface area contributed by atoms with Gasteiger partial charge >= 0.3 is 5.97 Å². The van der Waals surface area contributed by atoms with Crippen molar-refractivity contribution in [1.29, 1.82) is 0 Å². The van der Waals surface area contributed by atoms with Crippen LogP contribution in [0, 0.1) is 34.5 Å². The van der Waals surface area contributed by atoms with Crippen molar-refractivity contribution in [3.63, 3.8) is 0 Å². The van der Waals surface area contributed by atoms with Gasteiger partial charge in [0.25, 0.3) is 0 Å². The molecule has 1 heterocycles. The molecule has 1 aliphatic heterocycles. The van der Waals surface area contributed by atoms with Crippen molar-refractivity contribution in [2.45, 2.75) is 64.3 Å². The lowest BCUT2D eigenvalue weighted by molar-refractivity contribution is -0.160. The number of hydrogen-bond acceptors (Lipinski definition) is 7. The first-order valence-electron chi connectivity index (χ1n) is 11.3. The van der Waals surface area contributed by atoms with Gasteiger partial charge in [-0.3, -0.25) is 14.4 Å². The van der Waals surface area contributed by atoms with Gasteiger partial charge in [0.15, 0.2) is 17.9 Å². The molecular weight excluding hydrogens is 420 g/mol. The number of carbonyl (C=O) groups excluding carboxylic acids is 2. The van der Waals surface area contributed by atoms with Gasteiger partial charge < -0.3 is 20.1 Å². The summed E-state index contributed by atoms with van der Waals surface area (Å²) in [6.45, 7) is 1.70. The number of aliphatic hydroxyl groups excluding tert-OH is 2. The number of thioether (sulfide) groups is 1. The van der Waals surface area contributed by atoms with E-state index in [4.69, 9.17) is 9.84 Å². The van der Waals surface area contributed by atoms with Gasteiger partial charge in [-0.05, 0) is 67.3 Å². The first-order valence-corrected chi connectivity index (χ1v) is 12.3. The number of allylic oxidation sites excluding steroid dienone is 1. The molecule has 2 unspecified atom stereocenters. The number of aliphatic hydroxyl groups is 2. The van der Waals surface area contributed by atoms with E-state index in [9.17, 15) is 24.6 Å². The quantitative estimate of drug-likeness (QED) is 0.583. The number of rotatable bonds is 5. The Morgan fingerprint density at radius 3 is 2.71 bits per heavy atom. The summed E-state index contributed by atoms with van der Waals surface area (Å²) < 4.78 is 6.17. The molecule has 8 atom stereocenters. The molecule has 4 aliphatic carbocycles. The first-order chi connectivity index (χ1) is 14.7. The molecule has 0 aromatic carbocycles. The highest BCUT2D eigenvalue weighted by molar-refractivity contribution is 8.04. The SMILES string of the molecule is C[C@]12CCC(=O)C(SCC(=O)O)=C1CC[C@H]1[C@@H]3CC[C@H](C(=O)CO)[C@@]34CC(OC4O)[C@@H]12. The average molecular weight is 451 g/mol. The number of carbonyl (C=O) groups is 3. The van der Waals surface area contributed by atoms with E-state index < -0.39 is 24.3 Å². The minimum Gasteiger partial charge on any atom is -0.481 e. The Morgan fingerprint density at radius 1 is 1.23 bits per heavy atom. The van der Waals surface area contributed by atoms with Gasteiger partial charge in [0.05, 0.1) is 16.8 Å². The van der Waals surface area contributed by atoms with Gasteiger partial charge in [-0.15, -0.1) is 11.8 Å². The summed E-state index contributed by atoms with van der Waals surface area (Å²) in [6, 6.07) is 0. The summed E-state index contributed by atoms with van der Waals surface area (Å²) in [5.74, 6) is -0.957. The highest BCUT2D eigenvalue weighted by Crippen LogP contribution is 2.71.